The number of methoxy groups -OCH3 is 1. The molecule has 1 heterocycles. The molecule has 8 atom stereocenters. The summed E-state index contributed by atoms with van der Waals surface area (Å²) in [5.74, 6) is -1.02. The molecule has 1 spiro atoms. The van der Waals surface area contributed by atoms with Crippen LogP contribution in [0.3, 0.4) is 0 Å². The number of hydrogen-bond donors (Lipinski definition) is 3. The van der Waals surface area contributed by atoms with Crippen molar-refractivity contribution in [1.82, 2.24) is 20.3 Å². The minimum atomic E-state index is -1.17. The van der Waals surface area contributed by atoms with Crippen LogP contribution in [0.1, 0.15) is 91.2 Å². The SMILES string of the molecule is COC(=O)[C@]1(C)CCC[C@@]2(C)[C@@H]3CC[C@@]4(C)C[C@]3(CC[C@@H]21)C[C@]4(O)c1cn(CC(=O)N[C@@H](C)C(=O)O)nn1. The van der Waals surface area contributed by atoms with Gasteiger partial charge in [0.15, 0.2) is 0 Å². The molecule has 0 aliphatic heterocycles. The van der Waals surface area contributed by atoms with Gasteiger partial charge in [-0.15, -0.1) is 5.10 Å². The highest BCUT2D eigenvalue weighted by Crippen LogP contribution is 2.77. The molecule has 10 nitrogen and oxygen atoms in total. The zero-order valence-corrected chi connectivity index (χ0v) is 23.2. The van der Waals surface area contributed by atoms with Gasteiger partial charge in [-0.1, -0.05) is 25.5 Å². The second-order valence-electron chi connectivity index (χ2n) is 13.5. The van der Waals surface area contributed by atoms with E-state index in [0.29, 0.717) is 18.0 Å². The van der Waals surface area contributed by atoms with Gasteiger partial charge in [0.05, 0.1) is 18.7 Å². The molecule has 3 N–H and O–H groups in total. The van der Waals surface area contributed by atoms with E-state index in [2.05, 4.69) is 36.4 Å². The molecule has 0 aromatic carbocycles. The van der Waals surface area contributed by atoms with E-state index in [0.717, 1.165) is 51.4 Å². The van der Waals surface area contributed by atoms with E-state index in [1.54, 1.807) is 6.20 Å². The van der Waals surface area contributed by atoms with Crippen LogP contribution in [0.2, 0.25) is 0 Å². The maximum absolute atomic E-state index is 13.0. The standard InChI is InChI=1S/C28H42N4O6/c1-17(22(34)35)29-21(33)14-32-13-20(30-31-32)28(37)16-27-12-8-18-25(3,19(27)7-11-24(28,2)15-27)9-6-10-26(18,4)23(36)38-5/h13,17-19,37H,6-12,14-16H2,1-5H3,(H,29,33)(H,34,35)/t17-,18-,19-,24-,25+,26+,27+,28-/m0/s1. The number of aliphatic hydroxyl groups is 1. The Morgan fingerprint density at radius 1 is 1.13 bits per heavy atom. The molecule has 0 saturated heterocycles. The molecule has 5 rings (SSSR count). The monoisotopic (exact) mass is 530 g/mol. The maximum atomic E-state index is 13.0. The molecule has 210 valence electrons. The lowest BCUT2D eigenvalue weighted by atomic mass is 9.40. The summed E-state index contributed by atoms with van der Waals surface area (Å²) in [6, 6.07) is -1.00. The van der Waals surface area contributed by atoms with Gasteiger partial charge in [0.1, 0.15) is 23.9 Å². The quantitative estimate of drug-likeness (QED) is 0.476. The van der Waals surface area contributed by atoms with Crippen molar-refractivity contribution < 1.29 is 29.3 Å². The Bertz CT molecular complexity index is 1150. The predicted octanol–water partition coefficient (Wildman–Crippen LogP) is 3.03. The van der Waals surface area contributed by atoms with Crippen molar-refractivity contribution in [2.75, 3.05) is 7.11 Å². The van der Waals surface area contributed by atoms with Crippen molar-refractivity contribution in [2.24, 2.45) is 33.5 Å². The fraction of sp³-hybridized carbons (Fsp3) is 0.821. The number of amides is 1. The Morgan fingerprint density at radius 3 is 2.53 bits per heavy atom. The average molecular weight is 531 g/mol. The highest BCUT2D eigenvalue weighted by atomic mass is 16.5. The zero-order valence-electron chi connectivity index (χ0n) is 23.2. The smallest absolute Gasteiger partial charge is 0.325 e. The Balaban J connectivity index is 1.41. The number of esters is 1. The van der Waals surface area contributed by atoms with Crippen LogP contribution < -0.4 is 5.32 Å². The Morgan fingerprint density at radius 2 is 1.84 bits per heavy atom. The van der Waals surface area contributed by atoms with Crippen molar-refractivity contribution >= 4 is 17.8 Å². The Hall–Kier alpha value is -2.49. The van der Waals surface area contributed by atoms with Gasteiger partial charge in [-0.05, 0) is 87.9 Å². The summed E-state index contributed by atoms with van der Waals surface area (Å²) in [4.78, 5) is 36.3. The topological polar surface area (TPSA) is 144 Å². The Labute approximate surface area is 223 Å². The minimum Gasteiger partial charge on any atom is -0.480 e. The summed E-state index contributed by atoms with van der Waals surface area (Å²) >= 11 is 0. The molecule has 1 aromatic rings. The second kappa shape index (κ2) is 8.76. The highest BCUT2D eigenvalue weighted by Gasteiger charge is 2.72. The van der Waals surface area contributed by atoms with Crippen LogP contribution in [-0.4, -0.2) is 56.2 Å². The molecular formula is C28H42N4O6. The number of hydrogen-bond acceptors (Lipinski definition) is 7. The molecule has 1 amide bonds. The largest absolute Gasteiger partial charge is 0.480 e. The third-order valence-electron chi connectivity index (χ3n) is 11.4. The molecule has 4 aliphatic rings. The first kappa shape index (κ1) is 27.1. The van der Waals surface area contributed by atoms with Crippen LogP contribution in [0.15, 0.2) is 6.20 Å². The molecular weight excluding hydrogens is 488 g/mol. The number of carboxylic acids is 1. The van der Waals surface area contributed by atoms with E-state index in [1.165, 1.54) is 18.7 Å². The maximum Gasteiger partial charge on any atom is 0.325 e. The summed E-state index contributed by atoms with van der Waals surface area (Å²) in [7, 11) is 1.50. The summed E-state index contributed by atoms with van der Waals surface area (Å²) < 4.78 is 6.67. The van der Waals surface area contributed by atoms with Gasteiger partial charge >= 0.3 is 11.9 Å². The van der Waals surface area contributed by atoms with E-state index < -0.39 is 28.9 Å². The zero-order chi connectivity index (χ0) is 27.7. The number of fused-ring (bicyclic) bond motifs is 3. The van der Waals surface area contributed by atoms with Crippen LogP contribution in [0, 0.1) is 33.5 Å². The van der Waals surface area contributed by atoms with Gasteiger partial charge in [-0.3, -0.25) is 14.4 Å². The number of nitrogens with one attached hydrogen (secondary N) is 1. The lowest BCUT2D eigenvalue weighted by Crippen LogP contribution is -2.58. The van der Waals surface area contributed by atoms with E-state index in [4.69, 9.17) is 9.84 Å². The Kier molecular flexibility index (Phi) is 6.25. The molecule has 0 radical (unpaired) electrons. The molecule has 4 fully saturated rings. The molecule has 2 bridgehead atoms. The lowest BCUT2D eigenvalue weighted by Gasteiger charge is -2.64. The van der Waals surface area contributed by atoms with E-state index >= 15 is 0 Å². The molecule has 38 heavy (non-hydrogen) atoms. The summed E-state index contributed by atoms with van der Waals surface area (Å²) in [6.07, 6.45) is 9.87. The van der Waals surface area contributed by atoms with Crippen LogP contribution in [0.4, 0.5) is 0 Å². The molecule has 10 heteroatoms. The average Bonchev–Trinajstić information content (AvgIpc) is 3.37. The second-order valence-corrected chi connectivity index (χ2v) is 13.5. The van der Waals surface area contributed by atoms with Crippen molar-refractivity contribution in [3.05, 3.63) is 11.9 Å². The number of carbonyl (C=O) groups is 3. The first-order chi connectivity index (χ1) is 17.7. The predicted molar refractivity (Wildman–Crippen MR) is 136 cm³/mol. The van der Waals surface area contributed by atoms with Crippen molar-refractivity contribution in [3.63, 3.8) is 0 Å². The number of aliphatic carboxylic acids is 1. The van der Waals surface area contributed by atoms with Crippen LogP contribution in [0.25, 0.3) is 0 Å². The van der Waals surface area contributed by atoms with Gasteiger partial charge < -0.3 is 20.3 Å². The number of ether oxygens (including phenoxy) is 1. The summed E-state index contributed by atoms with van der Waals surface area (Å²) in [5, 5.41) is 32.3. The summed E-state index contributed by atoms with van der Waals surface area (Å²) in [6.45, 7) is 7.88. The van der Waals surface area contributed by atoms with Crippen LogP contribution in [0.5, 0.6) is 0 Å². The molecule has 1 aromatic heterocycles. The number of nitrogens with zero attached hydrogens (tertiary/aromatic N) is 3. The molecule has 4 saturated carbocycles. The van der Waals surface area contributed by atoms with Crippen molar-refractivity contribution in [3.8, 4) is 0 Å². The first-order valence-electron chi connectivity index (χ1n) is 14.0. The lowest BCUT2D eigenvalue weighted by molar-refractivity contribution is -0.185. The fourth-order valence-corrected chi connectivity index (χ4v) is 9.75. The summed E-state index contributed by atoms with van der Waals surface area (Å²) in [5.41, 5.74) is -1.57. The van der Waals surface area contributed by atoms with Crippen molar-refractivity contribution in [1.29, 1.82) is 0 Å². The molecule has 0 unspecified atom stereocenters. The normalized spacial score (nSPS) is 42.5. The molecule has 4 aliphatic carbocycles. The van der Waals surface area contributed by atoms with Crippen molar-refractivity contribution in [2.45, 2.75) is 104 Å². The van der Waals surface area contributed by atoms with Crippen LogP contribution >= 0.6 is 0 Å². The van der Waals surface area contributed by atoms with Gasteiger partial charge in [0, 0.05) is 5.41 Å². The van der Waals surface area contributed by atoms with Gasteiger partial charge in [0.2, 0.25) is 5.91 Å². The van der Waals surface area contributed by atoms with E-state index in [9.17, 15) is 19.5 Å². The number of carboxylic acid groups (broad SMARTS) is 1. The van der Waals surface area contributed by atoms with Gasteiger partial charge in [-0.25, -0.2) is 4.68 Å². The third-order valence-corrected chi connectivity index (χ3v) is 11.4. The highest BCUT2D eigenvalue weighted by molar-refractivity contribution is 5.83. The van der Waals surface area contributed by atoms with Gasteiger partial charge in [-0.2, -0.15) is 0 Å². The van der Waals surface area contributed by atoms with E-state index in [-0.39, 0.29) is 34.7 Å². The van der Waals surface area contributed by atoms with Crippen LogP contribution in [-0.2, 0) is 31.3 Å². The minimum absolute atomic E-state index is 0.00253. The van der Waals surface area contributed by atoms with E-state index in [1.807, 2.05) is 0 Å². The number of aromatic nitrogens is 3. The number of carbonyl (C=O) groups excluding carboxylic acids is 2. The third kappa shape index (κ3) is 3.72. The number of rotatable bonds is 6. The first-order valence-corrected chi connectivity index (χ1v) is 14.0. The van der Waals surface area contributed by atoms with Gasteiger partial charge in [0.25, 0.3) is 0 Å². The fourth-order valence-electron chi connectivity index (χ4n) is 9.75.